The van der Waals surface area contributed by atoms with Gasteiger partial charge in [0.15, 0.2) is 5.82 Å². The van der Waals surface area contributed by atoms with E-state index >= 15 is 0 Å². The van der Waals surface area contributed by atoms with Gasteiger partial charge < -0.3 is 14.2 Å². The third-order valence-electron chi connectivity index (χ3n) is 6.63. The van der Waals surface area contributed by atoms with Gasteiger partial charge in [-0.2, -0.15) is 5.10 Å². The maximum absolute atomic E-state index is 12.6. The average molecular weight is 531 g/mol. The molecule has 0 saturated heterocycles. The molecule has 0 radical (unpaired) electrons. The van der Waals surface area contributed by atoms with Crippen LogP contribution in [0.5, 0.6) is 0 Å². The summed E-state index contributed by atoms with van der Waals surface area (Å²) in [6.45, 7) is 9.47. The van der Waals surface area contributed by atoms with E-state index in [2.05, 4.69) is 52.3 Å². The van der Waals surface area contributed by atoms with E-state index in [4.69, 9.17) is 14.8 Å². The summed E-state index contributed by atoms with van der Waals surface area (Å²) >= 11 is 3.60. The minimum atomic E-state index is -1.14. The third kappa shape index (κ3) is 4.81. The molecule has 176 valence electrons. The van der Waals surface area contributed by atoms with Gasteiger partial charge in [-0.05, 0) is 43.0 Å². The van der Waals surface area contributed by atoms with E-state index < -0.39 is 8.07 Å². The molecule has 0 spiro atoms. The molecule has 3 heterocycles. The SMILES string of the molecule is Cn1c(-c2nn(COCC[Si](C)(C)C)c3cc(Br)ccc23)nc2c1CN(C(=O)CC1CC1)C2. The van der Waals surface area contributed by atoms with E-state index in [0.717, 1.165) is 50.9 Å². The molecule has 1 aliphatic carbocycles. The van der Waals surface area contributed by atoms with Gasteiger partial charge in [-0.25, -0.2) is 9.67 Å². The van der Waals surface area contributed by atoms with Gasteiger partial charge in [0.2, 0.25) is 5.91 Å². The topological polar surface area (TPSA) is 65.2 Å². The Morgan fingerprint density at radius 1 is 1.24 bits per heavy atom. The molecule has 2 aliphatic rings. The van der Waals surface area contributed by atoms with Crippen molar-refractivity contribution in [3.63, 3.8) is 0 Å². The monoisotopic (exact) mass is 529 g/mol. The summed E-state index contributed by atoms with van der Waals surface area (Å²) in [6.07, 6.45) is 3.08. The number of hydrogen-bond donors (Lipinski definition) is 0. The number of rotatable bonds is 8. The zero-order valence-corrected chi connectivity index (χ0v) is 22.5. The van der Waals surface area contributed by atoms with E-state index in [0.29, 0.717) is 32.2 Å². The fourth-order valence-corrected chi connectivity index (χ4v) is 5.46. The number of carbonyl (C=O) groups excluding carboxylic acids is 1. The van der Waals surface area contributed by atoms with Gasteiger partial charge in [-0.3, -0.25) is 4.79 Å². The lowest BCUT2D eigenvalue weighted by molar-refractivity contribution is -0.132. The lowest BCUT2D eigenvalue weighted by atomic mass is 10.2. The second-order valence-corrected chi connectivity index (χ2v) is 17.2. The number of nitrogens with zero attached hydrogens (tertiary/aromatic N) is 5. The van der Waals surface area contributed by atoms with Crippen molar-refractivity contribution in [2.75, 3.05) is 6.61 Å². The second kappa shape index (κ2) is 8.67. The normalized spacial score (nSPS) is 16.1. The Bertz CT molecular complexity index is 1210. The standard InChI is InChI=1S/C24H32BrN5O2Si/c1-28-21-14-29(22(31)11-16-5-6-16)13-19(21)26-24(28)23-18-8-7-17(25)12-20(18)30(27-23)15-32-9-10-33(2,3)4/h7-8,12,16H,5-6,9-11,13-15H2,1-4H3. The molecule has 1 aromatic carbocycles. The summed E-state index contributed by atoms with van der Waals surface area (Å²) in [5, 5.41) is 5.98. The highest BCUT2D eigenvalue weighted by molar-refractivity contribution is 9.10. The molecule has 1 fully saturated rings. The first-order valence-electron chi connectivity index (χ1n) is 11.8. The molecule has 5 rings (SSSR count). The minimum Gasteiger partial charge on any atom is -0.360 e. The van der Waals surface area contributed by atoms with Gasteiger partial charge in [-0.15, -0.1) is 0 Å². The smallest absolute Gasteiger partial charge is 0.223 e. The molecular formula is C24H32BrN5O2Si. The fraction of sp³-hybridized carbons (Fsp3) is 0.542. The molecule has 1 aliphatic heterocycles. The van der Waals surface area contributed by atoms with Crippen LogP contribution >= 0.6 is 15.9 Å². The number of aromatic nitrogens is 4. The lowest BCUT2D eigenvalue weighted by Crippen LogP contribution is -2.26. The van der Waals surface area contributed by atoms with Crippen molar-refractivity contribution >= 4 is 40.8 Å². The number of fused-ring (bicyclic) bond motifs is 2. The first-order valence-corrected chi connectivity index (χ1v) is 16.3. The molecule has 2 aromatic heterocycles. The van der Waals surface area contributed by atoms with Crippen molar-refractivity contribution in [2.45, 2.75) is 64.8 Å². The number of halogens is 1. The van der Waals surface area contributed by atoms with Crippen LogP contribution in [0.1, 0.15) is 30.7 Å². The molecule has 0 unspecified atom stereocenters. The van der Waals surface area contributed by atoms with Gasteiger partial charge >= 0.3 is 0 Å². The van der Waals surface area contributed by atoms with Gasteiger partial charge in [-0.1, -0.05) is 35.6 Å². The Hall–Kier alpha value is -1.97. The molecule has 1 saturated carbocycles. The highest BCUT2D eigenvalue weighted by atomic mass is 79.9. The van der Waals surface area contributed by atoms with Crippen molar-refractivity contribution in [3.8, 4) is 11.5 Å². The second-order valence-electron chi connectivity index (χ2n) is 10.6. The molecular weight excluding hydrogens is 498 g/mol. The highest BCUT2D eigenvalue weighted by Gasteiger charge is 2.33. The van der Waals surface area contributed by atoms with Crippen LogP contribution in [-0.4, -0.2) is 44.8 Å². The van der Waals surface area contributed by atoms with Crippen LogP contribution in [0.2, 0.25) is 25.7 Å². The molecule has 3 aromatic rings. The van der Waals surface area contributed by atoms with Gasteiger partial charge in [0.25, 0.3) is 0 Å². The van der Waals surface area contributed by atoms with Crippen LogP contribution in [0.4, 0.5) is 0 Å². The number of ether oxygens (including phenoxy) is 1. The van der Waals surface area contributed by atoms with Crippen molar-refractivity contribution < 1.29 is 9.53 Å². The average Bonchev–Trinajstić information content (AvgIpc) is 3.23. The largest absolute Gasteiger partial charge is 0.360 e. The van der Waals surface area contributed by atoms with Crippen LogP contribution in [0.25, 0.3) is 22.4 Å². The van der Waals surface area contributed by atoms with E-state index in [-0.39, 0.29) is 5.91 Å². The molecule has 0 bridgehead atoms. The molecule has 1 amide bonds. The maximum Gasteiger partial charge on any atom is 0.223 e. The highest BCUT2D eigenvalue weighted by Crippen LogP contribution is 2.36. The number of carbonyl (C=O) groups is 1. The Kier molecular flexibility index (Phi) is 5.99. The van der Waals surface area contributed by atoms with E-state index in [9.17, 15) is 4.79 Å². The van der Waals surface area contributed by atoms with Gasteiger partial charge in [0.05, 0.1) is 30.0 Å². The zero-order chi connectivity index (χ0) is 23.3. The Balaban J connectivity index is 1.40. The Morgan fingerprint density at radius 2 is 2.03 bits per heavy atom. The summed E-state index contributed by atoms with van der Waals surface area (Å²) in [6, 6.07) is 7.35. The van der Waals surface area contributed by atoms with Crippen LogP contribution in [0.15, 0.2) is 22.7 Å². The predicted octanol–water partition coefficient (Wildman–Crippen LogP) is 5.15. The maximum atomic E-state index is 12.6. The van der Waals surface area contributed by atoms with Crippen molar-refractivity contribution in [1.29, 1.82) is 0 Å². The summed E-state index contributed by atoms with van der Waals surface area (Å²) in [4.78, 5) is 19.5. The summed E-state index contributed by atoms with van der Waals surface area (Å²) < 4.78 is 11.1. The zero-order valence-electron chi connectivity index (χ0n) is 19.9. The number of imidazole rings is 1. The minimum absolute atomic E-state index is 0.257. The van der Waals surface area contributed by atoms with Crippen LogP contribution in [0, 0.1) is 5.92 Å². The number of amides is 1. The molecule has 7 nitrogen and oxygen atoms in total. The first kappa shape index (κ1) is 22.8. The third-order valence-corrected chi connectivity index (χ3v) is 8.82. The molecule has 0 N–H and O–H groups in total. The number of benzene rings is 1. The quantitative estimate of drug-likeness (QED) is 0.298. The van der Waals surface area contributed by atoms with Crippen LogP contribution in [0.3, 0.4) is 0 Å². The van der Waals surface area contributed by atoms with E-state index in [1.54, 1.807) is 0 Å². The molecule has 9 heteroatoms. The summed E-state index contributed by atoms with van der Waals surface area (Å²) in [5.41, 5.74) is 3.99. The Labute approximate surface area is 204 Å². The first-order chi connectivity index (χ1) is 15.7. The van der Waals surface area contributed by atoms with Crippen LogP contribution < -0.4 is 0 Å². The lowest BCUT2D eigenvalue weighted by Gasteiger charge is -2.16. The van der Waals surface area contributed by atoms with Gasteiger partial charge in [0.1, 0.15) is 12.4 Å². The molecule has 0 atom stereocenters. The Morgan fingerprint density at radius 3 is 2.73 bits per heavy atom. The summed E-state index contributed by atoms with van der Waals surface area (Å²) in [7, 11) is 0.895. The molecule has 33 heavy (non-hydrogen) atoms. The van der Waals surface area contributed by atoms with Crippen molar-refractivity contribution in [1.82, 2.24) is 24.2 Å². The van der Waals surface area contributed by atoms with Crippen molar-refractivity contribution in [2.24, 2.45) is 13.0 Å². The predicted molar refractivity (Wildman–Crippen MR) is 135 cm³/mol. The summed E-state index contributed by atoms with van der Waals surface area (Å²) in [5.74, 6) is 1.71. The van der Waals surface area contributed by atoms with Crippen molar-refractivity contribution in [3.05, 3.63) is 34.1 Å². The van der Waals surface area contributed by atoms with E-state index in [1.807, 2.05) is 22.7 Å². The fourth-order valence-electron chi connectivity index (χ4n) is 4.36. The van der Waals surface area contributed by atoms with Crippen LogP contribution in [-0.2, 0) is 36.4 Å². The number of hydrogen-bond acceptors (Lipinski definition) is 4. The van der Waals surface area contributed by atoms with E-state index in [1.165, 1.54) is 12.8 Å². The van der Waals surface area contributed by atoms with Gasteiger partial charge in [0, 0.05) is 38.0 Å².